The van der Waals surface area contributed by atoms with E-state index in [1.807, 2.05) is 64.9 Å². The number of ether oxygens (including phenoxy) is 1. The topological polar surface area (TPSA) is 42.4 Å². The molecule has 1 heterocycles. The minimum atomic E-state index is 0.135. The predicted octanol–water partition coefficient (Wildman–Crippen LogP) is 5.40. The Kier molecular flexibility index (Phi) is 7.42. The number of benzene rings is 2. The monoisotopic (exact) mass is 408 g/mol. The Labute approximate surface area is 177 Å². The molecule has 0 saturated carbocycles. The third-order valence-electron chi connectivity index (χ3n) is 4.96. The molecule has 3 aromatic rings. The average molecular weight is 409 g/mol. The summed E-state index contributed by atoms with van der Waals surface area (Å²) in [5, 5.41) is 2.94. The van der Waals surface area contributed by atoms with E-state index in [2.05, 4.69) is 25.8 Å². The molecule has 152 valence electrons. The molecular weight excluding hydrogens is 380 g/mol. The average Bonchev–Trinajstić information content (AvgIpc) is 3.19. The molecule has 0 aliphatic carbocycles. The summed E-state index contributed by atoms with van der Waals surface area (Å²) in [5.74, 6) is 0.975. The molecule has 0 fully saturated rings. The summed E-state index contributed by atoms with van der Waals surface area (Å²) in [7, 11) is 0. The van der Waals surface area contributed by atoms with Crippen LogP contribution in [0.5, 0.6) is 5.75 Å². The van der Waals surface area contributed by atoms with Gasteiger partial charge >= 0.3 is 0 Å². The molecule has 1 atom stereocenters. The summed E-state index contributed by atoms with van der Waals surface area (Å²) in [4.78, 5) is 19.6. The summed E-state index contributed by atoms with van der Waals surface area (Å²) >= 11 is 1.57. The van der Waals surface area contributed by atoms with E-state index >= 15 is 0 Å². The minimum absolute atomic E-state index is 0.135. The van der Waals surface area contributed by atoms with Gasteiger partial charge in [-0.15, -0.1) is 11.3 Å². The SMILES string of the molecule is CC[C@@H](C)N(Cc1csc(COc2ccc(C)cc2)n1)C(=O)Cc1ccccc1. The summed E-state index contributed by atoms with van der Waals surface area (Å²) in [5.41, 5.74) is 3.16. The first kappa shape index (κ1) is 21.1. The van der Waals surface area contributed by atoms with Gasteiger partial charge in [0.25, 0.3) is 0 Å². The highest BCUT2D eigenvalue weighted by Gasteiger charge is 2.20. The number of thiazole rings is 1. The Bertz CT molecular complexity index is 906. The van der Waals surface area contributed by atoms with E-state index in [-0.39, 0.29) is 11.9 Å². The number of nitrogens with zero attached hydrogens (tertiary/aromatic N) is 2. The Morgan fingerprint density at radius 2 is 1.86 bits per heavy atom. The Morgan fingerprint density at radius 3 is 2.55 bits per heavy atom. The lowest BCUT2D eigenvalue weighted by Crippen LogP contribution is -2.38. The van der Waals surface area contributed by atoms with E-state index in [9.17, 15) is 4.79 Å². The maximum atomic E-state index is 12.9. The van der Waals surface area contributed by atoms with Crippen LogP contribution in [0.1, 0.15) is 42.1 Å². The van der Waals surface area contributed by atoms with Crippen molar-refractivity contribution in [3.05, 3.63) is 81.8 Å². The normalized spacial score (nSPS) is 11.8. The second-order valence-electron chi connectivity index (χ2n) is 7.28. The van der Waals surface area contributed by atoms with Crippen LogP contribution in [0.15, 0.2) is 60.0 Å². The van der Waals surface area contributed by atoms with E-state index in [1.165, 1.54) is 5.56 Å². The summed E-state index contributed by atoms with van der Waals surface area (Å²) in [6, 6.07) is 18.1. The van der Waals surface area contributed by atoms with Gasteiger partial charge in [-0.3, -0.25) is 4.79 Å². The standard InChI is InChI=1S/C24H28N2O2S/c1-4-19(3)26(24(27)14-20-8-6-5-7-9-20)15-21-17-29-23(25-21)16-28-22-12-10-18(2)11-13-22/h5-13,17,19H,4,14-16H2,1-3H3/t19-/m1/s1. The zero-order chi connectivity index (χ0) is 20.6. The first-order valence-corrected chi connectivity index (χ1v) is 10.9. The van der Waals surface area contributed by atoms with Crippen molar-refractivity contribution in [3.63, 3.8) is 0 Å². The molecule has 0 unspecified atom stereocenters. The van der Waals surface area contributed by atoms with Crippen molar-refractivity contribution in [1.82, 2.24) is 9.88 Å². The summed E-state index contributed by atoms with van der Waals surface area (Å²) < 4.78 is 5.83. The molecule has 4 nitrogen and oxygen atoms in total. The predicted molar refractivity (Wildman–Crippen MR) is 118 cm³/mol. The lowest BCUT2D eigenvalue weighted by atomic mass is 10.1. The molecule has 0 aliphatic heterocycles. The minimum Gasteiger partial charge on any atom is -0.486 e. The van der Waals surface area contributed by atoms with E-state index in [1.54, 1.807) is 11.3 Å². The van der Waals surface area contributed by atoms with Crippen molar-refractivity contribution in [2.45, 2.75) is 52.8 Å². The number of carbonyl (C=O) groups is 1. The first-order chi connectivity index (χ1) is 14.0. The second-order valence-corrected chi connectivity index (χ2v) is 8.22. The van der Waals surface area contributed by atoms with Crippen molar-refractivity contribution >= 4 is 17.2 Å². The molecule has 0 bridgehead atoms. The van der Waals surface area contributed by atoms with Gasteiger partial charge in [0.05, 0.1) is 18.7 Å². The van der Waals surface area contributed by atoms with Crippen LogP contribution in [0.4, 0.5) is 0 Å². The Morgan fingerprint density at radius 1 is 1.14 bits per heavy atom. The molecule has 0 saturated heterocycles. The molecule has 1 amide bonds. The number of hydrogen-bond donors (Lipinski definition) is 0. The fraction of sp³-hybridized carbons (Fsp3) is 0.333. The number of aryl methyl sites for hydroxylation is 1. The van der Waals surface area contributed by atoms with Gasteiger partial charge in [-0.2, -0.15) is 0 Å². The van der Waals surface area contributed by atoms with Gasteiger partial charge in [0.15, 0.2) is 0 Å². The van der Waals surface area contributed by atoms with E-state index < -0.39 is 0 Å². The zero-order valence-corrected chi connectivity index (χ0v) is 18.1. The highest BCUT2D eigenvalue weighted by atomic mass is 32.1. The van der Waals surface area contributed by atoms with Crippen LogP contribution in [-0.2, 0) is 24.4 Å². The van der Waals surface area contributed by atoms with Gasteiger partial charge < -0.3 is 9.64 Å². The quantitative estimate of drug-likeness (QED) is 0.476. The maximum Gasteiger partial charge on any atom is 0.227 e. The Hall–Kier alpha value is -2.66. The molecule has 3 rings (SSSR count). The summed E-state index contributed by atoms with van der Waals surface area (Å²) in [6.07, 6.45) is 1.33. The van der Waals surface area contributed by atoms with Crippen molar-refractivity contribution in [2.75, 3.05) is 0 Å². The number of amides is 1. The molecule has 0 radical (unpaired) electrons. The highest BCUT2D eigenvalue weighted by molar-refractivity contribution is 7.09. The largest absolute Gasteiger partial charge is 0.486 e. The van der Waals surface area contributed by atoms with Crippen LogP contribution >= 0.6 is 11.3 Å². The van der Waals surface area contributed by atoms with Crippen LogP contribution < -0.4 is 4.74 Å². The molecule has 1 aromatic heterocycles. The third-order valence-corrected chi connectivity index (χ3v) is 5.83. The lowest BCUT2D eigenvalue weighted by Gasteiger charge is -2.28. The fourth-order valence-corrected chi connectivity index (χ4v) is 3.72. The van der Waals surface area contributed by atoms with E-state index in [4.69, 9.17) is 4.74 Å². The Balaban J connectivity index is 1.62. The maximum absolute atomic E-state index is 12.9. The smallest absolute Gasteiger partial charge is 0.227 e. The van der Waals surface area contributed by atoms with Crippen LogP contribution in [0, 0.1) is 6.92 Å². The van der Waals surface area contributed by atoms with Gasteiger partial charge in [-0.25, -0.2) is 4.98 Å². The van der Waals surface area contributed by atoms with Crippen molar-refractivity contribution in [2.24, 2.45) is 0 Å². The molecule has 5 heteroatoms. The molecule has 29 heavy (non-hydrogen) atoms. The lowest BCUT2D eigenvalue weighted by molar-refractivity contribution is -0.133. The number of rotatable bonds is 9. The molecular formula is C24H28N2O2S. The fourth-order valence-electron chi connectivity index (χ4n) is 3.02. The van der Waals surface area contributed by atoms with Gasteiger partial charge in [-0.05, 0) is 38.0 Å². The number of aromatic nitrogens is 1. The first-order valence-electron chi connectivity index (χ1n) is 10.0. The van der Waals surface area contributed by atoms with Gasteiger partial charge in [0, 0.05) is 11.4 Å². The van der Waals surface area contributed by atoms with Crippen LogP contribution in [0.2, 0.25) is 0 Å². The van der Waals surface area contributed by atoms with Gasteiger partial charge in [0.2, 0.25) is 5.91 Å². The molecule has 0 N–H and O–H groups in total. The van der Waals surface area contributed by atoms with Crippen molar-refractivity contribution in [3.8, 4) is 5.75 Å². The highest BCUT2D eigenvalue weighted by Crippen LogP contribution is 2.19. The van der Waals surface area contributed by atoms with Crippen LogP contribution in [0.25, 0.3) is 0 Å². The van der Waals surface area contributed by atoms with Crippen LogP contribution in [0.3, 0.4) is 0 Å². The molecule has 0 aliphatic rings. The van der Waals surface area contributed by atoms with E-state index in [0.29, 0.717) is 19.6 Å². The van der Waals surface area contributed by atoms with Crippen molar-refractivity contribution < 1.29 is 9.53 Å². The summed E-state index contributed by atoms with van der Waals surface area (Å²) in [6.45, 7) is 7.22. The number of hydrogen-bond acceptors (Lipinski definition) is 4. The van der Waals surface area contributed by atoms with Gasteiger partial charge in [-0.1, -0.05) is 55.0 Å². The second kappa shape index (κ2) is 10.2. The van der Waals surface area contributed by atoms with Crippen molar-refractivity contribution in [1.29, 1.82) is 0 Å². The van der Waals surface area contributed by atoms with E-state index in [0.717, 1.165) is 28.4 Å². The number of carbonyl (C=O) groups excluding carboxylic acids is 1. The zero-order valence-electron chi connectivity index (χ0n) is 17.3. The molecule has 2 aromatic carbocycles. The third kappa shape index (κ3) is 6.16. The van der Waals surface area contributed by atoms with Gasteiger partial charge in [0.1, 0.15) is 17.4 Å². The molecule has 0 spiro atoms. The van der Waals surface area contributed by atoms with Crippen LogP contribution in [-0.4, -0.2) is 21.8 Å².